The van der Waals surface area contributed by atoms with Crippen molar-refractivity contribution in [1.29, 1.82) is 0 Å². The number of esters is 1. The Labute approximate surface area is 112 Å². The lowest BCUT2D eigenvalue weighted by Gasteiger charge is -2.22. The number of amides is 1. The van der Waals surface area contributed by atoms with Gasteiger partial charge in [0.2, 0.25) is 5.91 Å². The Morgan fingerprint density at radius 2 is 2.37 bits per heavy atom. The van der Waals surface area contributed by atoms with Gasteiger partial charge in [0.15, 0.2) is 0 Å². The summed E-state index contributed by atoms with van der Waals surface area (Å²) in [6, 6.07) is 0. The topological polar surface area (TPSA) is 55.8 Å². The number of ether oxygens (including phenoxy) is 2. The third-order valence-electron chi connectivity index (χ3n) is 4.24. The number of fused-ring (bicyclic) bond motifs is 1. The molecule has 19 heavy (non-hydrogen) atoms. The zero-order chi connectivity index (χ0) is 13.8. The minimum atomic E-state index is -0.602. The Bertz CT molecular complexity index is 458. The molecule has 5 heteroatoms. The second-order valence-electron chi connectivity index (χ2n) is 6.04. The zero-order valence-electron chi connectivity index (χ0n) is 11.5. The molecule has 3 heterocycles. The molecule has 2 fully saturated rings. The summed E-state index contributed by atoms with van der Waals surface area (Å²) in [5.41, 5.74) is -0.602. The third kappa shape index (κ3) is 1.64. The number of hydrogen-bond acceptors (Lipinski definition) is 4. The molecule has 3 rings (SSSR count). The fourth-order valence-electron chi connectivity index (χ4n) is 3.58. The van der Waals surface area contributed by atoms with Gasteiger partial charge in [-0.15, -0.1) is 0 Å². The molecule has 0 aliphatic carbocycles. The van der Waals surface area contributed by atoms with Crippen molar-refractivity contribution in [3.05, 3.63) is 12.2 Å². The molecule has 1 spiro atoms. The molecule has 3 aliphatic rings. The van der Waals surface area contributed by atoms with Crippen LogP contribution in [0.15, 0.2) is 12.2 Å². The quantitative estimate of drug-likeness (QED) is 0.554. The summed E-state index contributed by atoms with van der Waals surface area (Å²) in [5, 5.41) is 0. The van der Waals surface area contributed by atoms with Gasteiger partial charge in [0.25, 0.3) is 0 Å². The largest absolute Gasteiger partial charge is 0.469 e. The smallest absolute Gasteiger partial charge is 0.312 e. The second-order valence-corrected chi connectivity index (χ2v) is 6.04. The van der Waals surface area contributed by atoms with Gasteiger partial charge < -0.3 is 14.4 Å². The number of carbonyl (C=O) groups excluding carboxylic acids is 2. The third-order valence-corrected chi connectivity index (χ3v) is 4.24. The van der Waals surface area contributed by atoms with Crippen LogP contribution in [0.4, 0.5) is 0 Å². The van der Waals surface area contributed by atoms with Crippen molar-refractivity contribution < 1.29 is 19.1 Å². The average molecular weight is 265 g/mol. The first-order valence-corrected chi connectivity index (χ1v) is 6.72. The maximum atomic E-state index is 12.5. The van der Waals surface area contributed by atoms with Gasteiger partial charge in [0.1, 0.15) is 11.5 Å². The lowest BCUT2D eigenvalue weighted by atomic mass is 9.77. The monoisotopic (exact) mass is 265 g/mol. The van der Waals surface area contributed by atoms with Crippen molar-refractivity contribution >= 4 is 11.9 Å². The summed E-state index contributed by atoms with van der Waals surface area (Å²) in [4.78, 5) is 26.3. The first-order chi connectivity index (χ1) is 8.98. The Morgan fingerprint density at radius 1 is 1.63 bits per heavy atom. The molecule has 2 bridgehead atoms. The average Bonchev–Trinajstić information content (AvgIpc) is 2.97. The molecule has 0 N–H and O–H groups in total. The van der Waals surface area contributed by atoms with Crippen molar-refractivity contribution in [2.75, 3.05) is 20.2 Å². The highest BCUT2D eigenvalue weighted by Gasteiger charge is 2.67. The molecule has 1 amide bonds. The minimum Gasteiger partial charge on any atom is -0.469 e. The van der Waals surface area contributed by atoms with Gasteiger partial charge in [-0.3, -0.25) is 9.59 Å². The van der Waals surface area contributed by atoms with Gasteiger partial charge in [-0.1, -0.05) is 26.0 Å². The molecule has 2 saturated heterocycles. The summed E-state index contributed by atoms with van der Waals surface area (Å²) in [7, 11) is 1.36. The molecule has 0 aromatic carbocycles. The number of rotatable bonds is 3. The first kappa shape index (κ1) is 12.7. The van der Waals surface area contributed by atoms with Crippen molar-refractivity contribution in [2.45, 2.75) is 25.6 Å². The molecule has 0 aromatic heterocycles. The fraction of sp³-hybridized carbons (Fsp3) is 0.714. The highest BCUT2D eigenvalue weighted by Crippen LogP contribution is 2.52. The summed E-state index contributed by atoms with van der Waals surface area (Å²) in [6.07, 6.45) is 3.55. The predicted octanol–water partition coefficient (Wildman–Crippen LogP) is 0.597. The van der Waals surface area contributed by atoms with Gasteiger partial charge >= 0.3 is 5.97 Å². The highest BCUT2D eigenvalue weighted by molar-refractivity contribution is 5.91. The standard InChI is InChI=1S/C14H19NO4/c1-8(2)6-15-7-14-5-4-9(19-14)10(13(17)18-3)11(14)12(15)16/h4-5,8-11H,6-7H2,1-3H3. The molecule has 0 aromatic rings. The van der Waals surface area contributed by atoms with Gasteiger partial charge in [0, 0.05) is 6.54 Å². The molecule has 0 radical (unpaired) electrons. The van der Waals surface area contributed by atoms with E-state index in [1.165, 1.54) is 7.11 Å². The van der Waals surface area contributed by atoms with Gasteiger partial charge in [-0.05, 0) is 5.92 Å². The van der Waals surface area contributed by atoms with Crippen LogP contribution in [0.1, 0.15) is 13.8 Å². The SMILES string of the molecule is COC(=O)C1C2C=CC3(CN(CC(C)C)C(=O)C13)O2. The molecule has 0 saturated carbocycles. The van der Waals surface area contributed by atoms with E-state index in [9.17, 15) is 9.59 Å². The van der Waals surface area contributed by atoms with Crippen LogP contribution >= 0.6 is 0 Å². The van der Waals surface area contributed by atoms with Crippen molar-refractivity contribution in [1.82, 2.24) is 4.90 Å². The number of nitrogens with zero attached hydrogens (tertiary/aromatic N) is 1. The Kier molecular flexibility index (Phi) is 2.71. The van der Waals surface area contributed by atoms with Crippen LogP contribution in [0.2, 0.25) is 0 Å². The van der Waals surface area contributed by atoms with Crippen LogP contribution in [0.25, 0.3) is 0 Å². The van der Waals surface area contributed by atoms with E-state index in [1.54, 1.807) is 0 Å². The van der Waals surface area contributed by atoms with Crippen molar-refractivity contribution in [3.8, 4) is 0 Å². The van der Waals surface area contributed by atoms with Gasteiger partial charge in [0.05, 0.1) is 25.7 Å². The van der Waals surface area contributed by atoms with E-state index in [2.05, 4.69) is 13.8 Å². The zero-order valence-corrected chi connectivity index (χ0v) is 11.5. The van der Waals surface area contributed by atoms with Crippen LogP contribution in [0.5, 0.6) is 0 Å². The second kappa shape index (κ2) is 4.07. The molecule has 3 aliphatic heterocycles. The van der Waals surface area contributed by atoms with E-state index in [4.69, 9.17) is 9.47 Å². The van der Waals surface area contributed by atoms with Crippen LogP contribution in [-0.4, -0.2) is 48.7 Å². The van der Waals surface area contributed by atoms with E-state index < -0.39 is 17.4 Å². The minimum absolute atomic E-state index is 0.0240. The maximum Gasteiger partial charge on any atom is 0.312 e. The van der Waals surface area contributed by atoms with E-state index in [0.29, 0.717) is 19.0 Å². The van der Waals surface area contributed by atoms with Gasteiger partial charge in [-0.25, -0.2) is 0 Å². The molecule has 4 atom stereocenters. The van der Waals surface area contributed by atoms with Crippen LogP contribution < -0.4 is 0 Å². The lowest BCUT2D eigenvalue weighted by Crippen LogP contribution is -2.39. The molecular formula is C14H19NO4. The van der Waals surface area contributed by atoms with E-state index in [1.807, 2.05) is 17.1 Å². The number of carbonyl (C=O) groups is 2. The molecule has 104 valence electrons. The Morgan fingerprint density at radius 3 is 3.00 bits per heavy atom. The van der Waals surface area contributed by atoms with Crippen molar-refractivity contribution in [3.63, 3.8) is 0 Å². The van der Waals surface area contributed by atoms with E-state index in [0.717, 1.165) is 0 Å². The van der Waals surface area contributed by atoms with E-state index >= 15 is 0 Å². The predicted molar refractivity (Wildman–Crippen MR) is 67.2 cm³/mol. The van der Waals surface area contributed by atoms with E-state index in [-0.39, 0.29) is 18.0 Å². The number of hydrogen-bond donors (Lipinski definition) is 0. The van der Waals surface area contributed by atoms with Crippen molar-refractivity contribution in [2.24, 2.45) is 17.8 Å². The fourth-order valence-corrected chi connectivity index (χ4v) is 3.58. The van der Waals surface area contributed by atoms with Gasteiger partial charge in [-0.2, -0.15) is 0 Å². The van der Waals surface area contributed by atoms with Crippen LogP contribution in [-0.2, 0) is 19.1 Å². The first-order valence-electron chi connectivity index (χ1n) is 6.72. The number of methoxy groups -OCH3 is 1. The molecule has 4 unspecified atom stereocenters. The van der Waals surface area contributed by atoms with Crippen LogP contribution in [0, 0.1) is 17.8 Å². The molecule has 5 nitrogen and oxygen atoms in total. The maximum absolute atomic E-state index is 12.5. The Hall–Kier alpha value is -1.36. The summed E-state index contributed by atoms with van der Waals surface area (Å²) < 4.78 is 10.8. The number of likely N-dealkylation sites (tertiary alicyclic amines) is 1. The summed E-state index contributed by atoms with van der Waals surface area (Å²) in [6.45, 7) is 5.40. The summed E-state index contributed by atoms with van der Waals surface area (Å²) >= 11 is 0. The van der Waals surface area contributed by atoms with Crippen LogP contribution in [0.3, 0.4) is 0 Å². The molecular weight excluding hydrogens is 246 g/mol. The Balaban J connectivity index is 1.90. The lowest BCUT2D eigenvalue weighted by molar-refractivity contribution is -0.151. The normalized spacial score (nSPS) is 39.3. The summed E-state index contributed by atoms with van der Waals surface area (Å²) in [5.74, 6) is -0.817. The highest BCUT2D eigenvalue weighted by atomic mass is 16.5.